The van der Waals surface area contributed by atoms with E-state index in [4.69, 9.17) is 0 Å². The molecule has 2 nitrogen and oxygen atoms in total. The number of hydrogen-bond acceptors (Lipinski definition) is 2. The Balaban J connectivity index is 1.39. The predicted octanol–water partition coefficient (Wildman–Crippen LogP) is 5.86. The zero-order valence-electron chi connectivity index (χ0n) is 18.2. The second-order valence-electron chi connectivity index (χ2n) is 8.99. The minimum absolute atomic E-state index is 0.434. The summed E-state index contributed by atoms with van der Waals surface area (Å²) in [6, 6.07) is 16.2. The molecule has 2 N–H and O–H groups in total. The van der Waals surface area contributed by atoms with Crippen molar-refractivity contribution in [2.45, 2.75) is 66.0 Å². The second kappa shape index (κ2) is 10.2. The maximum atomic E-state index is 3.78. The van der Waals surface area contributed by atoms with Crippen LogP contribution >= 0.6 is 0 Å². The topological polar surface area (TPSA) is 24.1 Å². The van der Waals surface area contributed by atoms with Crippen LogP contribution in [-0.2, 0) is 6.54 Å². The molecule has 0 saturated heterocycles. The molecule has 1 aliphatic rings. The lowest BCUT2D eigenvalue weighted by molar-refractivity contribution is 0.248. The van der Waals surface area contributed by atoms with E-state index in [2.05, 4.69) is 80.8 Å². The Labute approximate surface area is 172 Å². The molecule has 3 atom stereocenters. The third kappa shape index (κ3) is 6.18. The van der Waals surface area contributed by atoms with Crippen molar-refractivity contribution in [1.29, 1.82) is 0 Å². The fourth-order valence-electron chi connectivity index (χ4n) is 4.42. The molecule has 1 fully saturated rings. The first kappa shape index (κ1) is 21.1. The summed E-state index contributed by atoms with van der Waals surface area (Å²) in [6.07, 6.45) is 5.49. The smallest absolute Gasteiger partial charge is 0.0291 e. The highest BCUT2D eigenvalue weighted by atomic mass is 14.9. The summed E-state index contributed by atoms with van der Waals surface area (Å²) in [5.74, 6) is 1.64. The van der Waals surface area contributed by atoms with Crippen molar-refractivity contribution in [3.8, 4) is 0 Å². The van der Waals surface area contributed by atoms with Crippen molar-refractivity contribution < 1.29 is 0 Å². The Bertz CT molecular complexity index is 735. The molecule has 0 aliphatic heterocycles. The lowest BCUT2D eigenvalue weighted by atomic mass is 9.81. The molecule has 1 saturated carbocycles. The van der Waals surface area contributed by atoms with Crippen molar-refractivity contribution in [2.75, 3.05) is 13.1 Å². The van der Waals surface area contributed by atoms with E-state index in [0.29, 0.717) is 6.04 Å². The maximum Gasteiger partial charge on any atom is 0.0291 e. The predicted molar refractivity (Wildman–Crippen MR) is 121 cm³/mol. The highest BCUT2D eigenvalue weighted by molar-refractivity contribution is 5.29. The fraction of sp³-hybridized carbons (Fsp3) is 0.538. The Morgan fingerprint density at radius 3 is 2.32 bits per heavy atom. The molecule has 2 aromatic carbocycles. The molecular formula is C26H38N2. The van der Waals surface area contributed by atoms with Crippen molar-refractivity contribution in [1.82, 2.24) is 10.6 Å². The van der Waals surface area contributed by atoms with E-state index in [-0.39, 0.29) is 0 Å². The van der Waals surface area contributed by atoms with Crippen LogP contribution in [0.4, 0.5) is 0 Å². The molecule has 0 heterocycles. The third-order valence-electron chi connectivity index (χ3n) is 6.51. The van der Waals surface area contributed by atoms with Gasteiger partial charge in [0.2, 0.25) is 0 Å². The summed E-state index contributed by atoms with van der Waals surface area (Å²) >= 11 is 0. The molecule has 2 aromatic rings. The van der Waals surface area contributed by atoms with E-state index in [1.165, 1.54) is 53.5 Å². The summed E-state index contributed by atoms with van der Waals surface area (Å²) in [4.78, 5) is 0. The van der Waals surface area contributed by atoms with Crippen LogP contribution in [0.15, 0.2) is 42.5 Å². The van der Waals surface area contributed by atoms with Crippen LogP contribution in [0, 0.1) is 32.6 Å². The van der Waals surface area contributed by atoms with Gasteiger partial charge in [0.25, 0.3) is 0 Å². The van der Waals surface area contributed by atoms with Crippen LogP contribution in [0.5, 0.6) is 0 Å². The van der Waals surface area contributed by atoms with Crippen LogP contribution in [-0.4, -0.2) is 13.1 Å². The van der Waals surface area contributed by atoms with Gasteiger partial charge in [-0.3, -0.25) is 0 Å². The van der Waals surface area contributed by atoms with Gasteiger partial charge in [-0.2, -0.15) is 0 Å². The van der Waals surface area contributed by atoms with Gasteiger partial charge in [-0.25, -0.2) is 0 Å². The lowest BCUT2D eigenvalue weighted by Gasteiger charge is -2.30. The minimum atomic E-state index is 0.434. The average Bonchev–Trinajstić information content (AvgIpc) is 2.70. The van der Waals surface area contributed by atoms with Crippen LogP contribution < -0.4 is 10.6 Å². The Morgan fingerprint density at radius 2 is 1.61 bits per heavy atom. The number of benzene rings is 2. The lowest BCUT2D eigenvalue weighted by Crippen LogP contribution is -2.32. The highest BCUT2D eigenvalue weighted by Crippen LogP contribution is 2.29. The van der Waals surface area contributed by atoms with Crippen LogP contribution in [0.2, 0.25) is 0 Å². The molecule has 152 valence electrons. The molecule has 0 radical (unpaired) electrons. The van der Waals surface area contributed by atoms with E-state index in [0.717, 1.165) is 31.5 Å². The van der Waals surface area contributed by atoms with Gasteiger partial charge in [-0.15, -0.1) is 0 Å². The Morgan fingerprint density at radius 1 is 0.893 bits per heavy atom. The van der Waals surface area contributed by atoms with Gasteiger partial charge >= 0.3 is 0 Å². The Kier molecular flexibility index (Phi) is 7.70. The molecule has 0 spiro atoms. The largest absolute Gasteiger partial charge is 0.312 e. The minimum Gasteiger partial charge on any atom is -0.312 e. The van der Waals surface area contributed by atoms with Gasteiger partial charge in [-0.1, -0.05) is 54.4 Å². The van der Waals surface area contributed by atoms with E-state index in [1.54, 1.807) is 0 Å². The molecule has 1 aliphatic carbocycles. The highest BCUT2D eigenvalue weighted by Gasteiger charge is 2.22. The quantitative estimate of drug-likeness (QED) is 0.601. The average molecular weight is 379 g/mol. The van der Waals surface area contributed by atoms with Gasteiger partial charge in [0.15, 0.2) is 0 Å². The number of aryl methyl sites for hydroxylation is 3. The normalized spacial score (nSPS) is 20.9. The summed E-state index contributed by atoms with van der Waals surface area (Å²) in [7, 11) is 0. The van der Waals surface area contributed by atoms with E-state index in [9.17, 15) is 0 Å². The summed E-state index contributed by atoms with van der Waals surface area (Å²) in [5, 5.41) is 7.50. The SMILES string of the molecule is Cc1ccc(C(C)NCC2CCCC(CNCc3ccc(C)c(C)c3)C2)cc1. The van der Waals surface area contributed by atoms with Crippen molar-refractivity contribution in [2.24, 2.45) is 11.8 Å². The molecule has 3 unspecified atom stereocenters. The fourth-order valence-corrected chi connectivity index (χ4v) is 4.42. The summed E-state index contributed by atoms with van der Waals surface area (Å²) in [6.45, 7) is 12.1. The van der Waals surface area contributed by atoms with Gasteiger partial charge in [0.1, 0.15) is 0 Å². The third-order valence-corrected chi connectivity index (χ3v) is 6.51. The van der Waals surface area contributed by atoms with Gasteiger partial charge < -0.3 is 10.6 Å². The molecule has 0 aromatic heterocycles. The summed E-state index contributed by atoms with van der Waals surface area (Å²) in [5.41, 5.74) is 6.91. The molecule has 0 bridgehead atoms. The number of hydrogen-bond donors (Lipinski definition) is 2. The van der Waals surface area contributed by atoms with E-state index >= 15 is 0 Å². The number of rotatable bonds is 8. The molecule has 3 rings (SSSR count). The van der Waals surface area contributed by atoms with Gasteiger partial charge in [-0.05, 0) is 94.1 Å². The summed E-state index contributed by atoms with van der Waals surface area (Å²) < 4.78 is 0. The van der Waals surface area contributed by atoms with E-state index < -0.39 is 0 Å². The van der Waals surface area contributed by atoms with Crippen molar-refractivity contribution in [3.63, 3.8) is 0 Å². The second-order valence-corrected chi connectivity index (χ2v) is 8.99. The zero-order valence-corrected chi connectivity index (χ0v) is 18.2. The maximum absolute atomic E-state index is 3.78. The molecule has 2 heteroatoms. The van der Waals surface area contributed by atoms with Crippen molar-refractivity contribution in [3.05, 3.63) is 70.3 Å². The van der Waals surface area contributed by atoms with Crippen molar-refractivity contribution >= 4 is 0 Å². The number of nitrogens with one attached hydrogen (secondary N) is 2. The van der Waals surface area contributed by atoms with Gasteiger partial charge in [0.05, 0.1) is 0 Å². The van der Waals surface area contributed by atoms with E-state index in [1.807, 2.05) is 0 Å². The standard InChI is InChI=1S/C26H38N2/c1-19-8-12-26(13-9-19)22(4)28-18-24-7-5-6-23(15-24)16-27-17-25-11-10-20(2)21(3)14-25/h8-14,22-24,27-28H,5-7,15-18H2,1-4H3. The Hall–Kier alpha value is -1.64. The van der Waals surface area contributed by atoms with Crippen LogP contribution in [0.3, 0.4) is 0 Å². The molecule has 28 heavy (non-hydrogen) atoms. The zero-order chi connectivity index (χ0) is 19.9. The first-order valence-corrected chi connectivity index (χ1v) is 11.1. The molecular weight excluding hydrogens is 340 g/mol. The van der Waals surface area contributed by atoms with Gasteiger partial charge in [0, 0.05) is 12.6 Å². The van der Waals surface area contributed by atoms with Crippen LogP contribution in [0.1, 0.15) is 66.5 Å². The van der Waals surface area contributed by atoms with Crippen LogP contribution in [0.25, 0.3) is 0 Å². The first-order chi connectivity index (χ1) is 13.5. The monoisotopic (exact) mass is 378 g/mol. The first-order valence-electron chi connectivity index (χ1n) is 11.1. The molecule has 0 amide bonds.